The molecule has 0 fully saturated rings. The molecule has 2 aromatic rings. The van der Waals surface area contributed by atoms with Crippen LogP contribution in [-0.4, -0.2) is 36.4 Å². The Morgan fingerprint density at radius 3 is 2.25 bits per heavy atom. The van der Waals surface area contributed by atoms with Gasteiger partial charge in [0.25, 0.3) is 0 Å². The first-order chi connectivity index (χ1) is 13.6. The topological polar surface area (TPSA) is 51.2 Å². The molecule has 2 aromatic carbocycles. The first-order valence-corrected chi connectivity index (χ1v) is 10.0. The van der Waals surface area contributed by atoms with Crippen LogP contribution >= 0.6 is 0 Å². The van der Waals surface area contributed by atoms with Gasteiger partial charge in [0.15, 0.2) is 23.0 Å². The fourth-order valence-corrected chi connectivity index (χ4v) is 3.99. The molecule has 0 unspecified atom stereocenters. The fourth-order valence-electron chi connectivity index (χ4n) is 3.99. The minimum atomic E-state index is 0.214. The largest absolute Gasteiger partial charge is 0.504 e. The molecule has 0 aromatic heterocycles. The first-order valence-electron chi connectivity index (χ1n) is 10.0. The second-order valence-electron chi connectivity index (χ2n) is 6.98. The number of ether oxygens (including phenoxy) is 3. The highest BCUT2D eigenvalue weighted by molar-refractivity contribution is 5.86. The van der Waals surface area contributed by atoms with Gasteiger partial charge in [0.2, 0.25) is 0 Å². The van der Waals surface area contributed by atoms with Gasteiger partial charge in [-0.3, -0.25) is 0 Å². The number of rotatable bonds is 6. The Labute approximate surface area is 166 Å². The van der Waals surface area contributed by atoms with Gasteiger partial charge >= 0.3 is 0 Å². The maximum absolute atomic E-state index is 10.2. The summed E-state index contributed by atoms with van der Waals surface area (Å²) in [5, 5.41) is 10.2. The number of nitrogens with zero attached hydrogens (tertiary/aromatic N) is 1. The van der Waals surface area contributed by atoms with Gasteiger partial charge in [0, 0.05) is 24.4 Å². The lowest BCUT2D eigenvalue weighted by Gasteiger charge is -2.37. The molecule has 2 aliphatic heterocycles. The first kappa shape index (κ1) is 18.5. The second kappa shape index (κ2) is 7.66. The fraction of sp³-hybridized carbons (Fsp3) is 0.391. The molecule has 5 heteroatoms. The summed E-state index contributed by atoms with van der Waals surface area (Å²) < 4.78 is 17.2. The van der Waals surface area contributed by atoms with E-state index >= 15 is 0 Å². The summed E-state index contributed by atoms with van der Waals surface area (Å²) in [6, 6.07) is 7.99. The summed E-state index contributed by atoms with van der Waals surface area (Å²) in [4.78, 5) is 2.38. The molecular weight excluding hydrogens is 354 g/mol. The van der Waals surface area contributed by atoms with Crippen molar-refractivity contribution in [1.82, 2.24) is 4.90 Å². The Kier molecular flexibility index (Phi) is 5.07. The Balaban J connectivity index is 1.80. The van der Waals surface area contributed by atoms with Crippen molar-refractivity contribution in [3.63, 3.8) is 0 Å². The molecule has 2 aliphatic rings. The van der Waals surface area contributed by atoms with Crippen LogP contribution in [0.15, 0.2) is 24.3 Å². The maximum atomic E-state index is 10.2. The summed E-state index contributed by atoms with van der Waals surface area (Å²) in [6.45, 7) is 9.37. The minimum Gasteiger partial charge on any atom is -0.504 e. The van der Waals surface area contributed by atoms with E-state index in [0.29, 0.717) is 25.6 Å². The van der Waals surface area contributed by atoms with Crippen molar-refractivity contribution < 1.29 is 19.3 Å². The lowest BCUT2D eigenvalue weighted by molar-refractivity contribution is 0.286. The van der Waals surface area contributed by atoms with Crippen LogP contribution < -0.4 is 14.2 Å². The van der Waals surface area contributed by atoms with Gasteiger partial charge in [-0.15, -0.1) is 0 Å². The Bertz CT molecular complexity index is 919. The molecule has 0 saturated heterocycles. The third kappa shape index (κ3) is 3.26. The molecule has 0 aliphatic carbocycles. The van der Waals surface area contributed by atoms with Crippen LogP contribution in [0.3, 0.4) is 0 Å². The van der Waals surface area contributed by atoms with Crippen molar-refractivity contribution in [1.29, 1.82) is 0 Å². The number of phenols is 1. The highest BCUT2D eigenvalue weighted by Gasteiger charge is 2.27. The van der Waals surface area contributed by atoms with E-state index < -0.39 is 0 Å². The summed E-state index contributed by atoms with van der Waals surface area (Å²) in [5.74, 6) is 2.34. The molecular formula is C23H27NO4. The molecule has 2 heterocycles. The van der Waals surface area contributed by atoms with Crippen LogP contribution in [-0.2, 0) is 13.0 Å². The maximum Gasteiger partial charge on any atom is 0.161 e. The van der Waals surface area contributed by atoms with E-state index in [1.165, 1.54) is 11.3 Å². The van der Waals surface area contributed by atoms with E-state index in [1.807, 2.05) is 32.9 Å². The Morgan fingerprint density at radius 2 is 1.54 bits per heavy atom. The predicted molar refractivity (Wildman–Crippen MR) is 110 cm³/mol. The summed E-state index contributed by atoms with van der Waals surface area (Å²) in [5.41, 5.74) is 5.84. The molecule has 28 heavy (non-hydrogen) atoms. The van der Waals surface area contributed by atoms with Crippen LogP contribution in [0.1, 0.15) is 43.0 Å². The Hall–Kier alpha value is -2.82. The molecule has 1 N–H and O–H groups in total. The van der Waals surface area contributed by atoms with Crippen LogP contribution in [0.2, 0.25) is 0 Å². The highest BCUT2D eigenvalue weighted by Crippen LogP contribution is 2.43. The average Bonchev–Trinajstić information content (AvgIpc) is 2.68. The van der Waals surface area contributed by atoms with Crippen LogP contribution in [0.5, 0.6) is 23.0 Å². The number of hydrogen-bond acceptors (Lipinski definition) is 5. The average molecular weight is 381 g/mol. The standard InChI is InChI=1S/C23H27NO4/c1-4-26-21-13-18-15(10-20(21)25)7-8-24-14-17-12-23(28-6-3)22(27-5-2)11-16(17)9-19(18)24/h9-13,25H,4-8,14H2,1-3H3. The molecule has 148 valence electrons. The van der Waals surface area contributed by atoms with Gasteiger partial charge in [-0.05, 0) is 74.2 Å². The summed E-state index contributed by atoms with van der Waals surface area (Å²) in [6.07, 6.45) is 3.11. The van der Waals surface area contributed by atoms with Crippen molar-refractivity contribution in [2.75, 3.05) is 26.4 Å². The van der Waals surface area contributed by atoms with Crippen molar-refractivity contribution in [3.8, 4) is 23.0 Å². The van der Waals surface area contributed by atoms with Gasteiger partial charge in [-0.2, -0.15) is 0 Å². The van der Waals surface area contributed by atoms with Gasteiger partial charge < -0.3 is 24.2 Å². The van der Waals surface area contributed by atoms with E-state index in [1.54, 1.807) is 0 Å². The monoisotopic (exact) mass is 381 g/mol. The van der Waals surface area contributed by atoms with Gasteiger partial charge in [-0.1, -0.05) is 0 Å². The lowest BCUT2D eigenvalue weighted by atomic mass is 9.90. The van der Waals surface area contributed by atoms with E-state index in [4.69, 9.17) is 14.2 Å². The second-order valence-corrected chi connectivity index (χ2v) is 6.98. The SMILES string of the molecule is CCOc1cc2c(cc1O)CCN1Cc3cc(OCC)c(OCC)cc3C=C21. The predicted octanol–water partition coefficient (Wildman–Crippen LogP) is 4.46. The number of hydrogen-bond donors (Lipinski definition) is 1. The quantitative estimate of drug-likeness (QED) is 0.801. The van der Waals surface area contributed by atoms with E-state index in [9.17, 15) is 5.11 Å². The normalized spacial score (nSPS) is 14.5. The van der Waals surface area contributed by atoms with E-state index in [-0.39, 0.29) is 5.75 Å². The summed E-state index contributed by atoms with van der Waals surface area (Å²) in [7, 11) is 0. The van der Waals surface area contributed by atoms with Crippen LogP contribution in [0.25, 0.3) is 11.8 Å². The molecule has 0 bridgehead atoms. The number of benzene rings is 2. The minimum absolute atomic E-state index is 0.214. The van der Waals surface area contributed by atoms with Gasteiger partial charge in [-0.25, -0.2) is 0 Å². The molecule has 0 atom stereocenters. The molecule has 0 radical (unpaired) electrons. The molecule has 0 amide bonds. The van der Waals surface area contributed by atoms with Gasteiger partial charge in [0.05, 0.1) is 19.8 Å². The van der Waals surface area contributed by atoms with Crippen molar-refractivity contribution >= 4 is 11.8 Å². The van der Waals surface area contributed by atoms with Crippen molar-refractivity contribution in [2.45, 2.75) is 33.7 Å². The third-order valence-corrected chi connectivity index (χ3v) is 5.21. The van der Waals surface area contributed by atoms with Gasteiger partial charge in [0.1, 0.15) is 0 Å². The van der Waals surface area contributed by atoms with Crippen molar-refractivity contribution in [2.24, 2.45) is 0 Å². The summed E-state index contributed by atoms with van der Waals surface area (Å²) >= 11 is 0. The zero-order valence-electron chi connectivity index (χ0n) is 16.7. The molecule has 0 spiro atoms. The smallest absolute Gasteiger partial charge is 0.161 e. The number of phenolic OH excluding ortho intramolecular Hbond substituents is 1. The van der Waals surface area contributed by atoms with Crippen LogP contribution in [0, 0.1) is 0 Å². The highest BCUT2D eigenvalue weighted by atomic mass is 16.5. The molecule has 5 nitrogen and oxygen atoms in total. The van der Waals surface area contributed by atoms with Crippen LogP contribution in [0.4, 0.5) is 0 Å². The molecule has 4 rings (SSSR count). The third-order valence-electron chi connectivity index (χ3n) is 5.21. The Morgan fingerprint density at radius 1 is 0.857 bits per heavy atom. The zero-order chi connectivity index (χ0) is 19.7. The lowest BCUT2D eigenvalue weighted by Crippen LogP contribution is -2.31. The van der Waals surface area contributed by atoms with E-state index in [0.717, 1.165) is 47.7 Å². The number of aromatic hydroxyl groups is 1. The molecule has 0 saturated carbocycles. The number of fused-ring (bicyclic) bond motifs is 4. The van der Waals surface area contributed by atoms with E-state index in [2.05, 4.69) is 23.1 Å². The zero-order valence-corrected chi connectivity index (χ0v) is 16.7. The van der Waals surface area contributed by atoms with Crippen molar-refractivity contribution in [3.05, 3.63) is 46.5 Å².